The Hall–Kier alpha value is -2.42. The van der Waals surface area contributed by atoms with Crippen molar-refractivity contribution in [2.45, 2.75) is 25.7 Å². The van der Waals surface area contributed by atoms with Crippen LogP contribution in [0, 0.1) is 20.8 Å². The van der Waals surface area contributed by atoms with E-state index in [1.807, 2.05) is 32.0 Å². The van der Waals surface area contributed by atoms with Crippen molar-refractivity contribution in [3.8, 4) is 5.75 Å². The Balaban J connectivity index is 1.68. The average Bonchev–Trinajstić information content (AvgIpc) is 2.71. The van der Waals surface area contributed by atoms with Gasteiger partial charge in [-0.3, -0.25) is 4.79 Å². The smallest absolute Gasteiger partial charge is 0.262 e. The molecule has 156 valence electrons. The van der Waals surface area contributed by atoms with E-state index in [4.69, 9.17) is 9.47 Å². The SMILES string of the molecule is Cc1ccc(OCC(=O)Nc2ccc(C)c(S(=O)(=O)N3CCOCC3)c2)cc1C. The van der Waals surface area contributed by atoms with Crippen molar-refractivity contribution in [2.24, 2.45) is 0 Å². The lowest BCUT2D eigenvalue weighted by molar-refractivity contribution is -0.118. The first-order valence-electron chi connectivity index (χ1n) is 9.46. The molecule has 0 saturated carbocycles. The molecule has 0 aromatic heterocycles. The highest BCUT2D eigenvalue weighted by Crippen LogP contribution is 2.24. The molecule has 0 atom stereocenters. The normalized spacial score (nSPS) is 15.1. The minimum absolute atomic E-state index is 0.165. The van der Waals surface area contributed by atoms with Gasteiger partial charge in [-0.15, -0.1) is 0 Å². The molecule has 29 heavy (non-hydrogen) atoms. The van der Waals surface area contributed by atoms with Gasteiger partial charge in [-0.1, -0.05) is 12.1 Å². The fraction of sp³-hybridized carbons (Fsp3) is 0.381. The Morgan fingerprint density at radius 1 is 1.03 bits per heavy atom. The lowest BCUT2D eigenvalue weighted by atomic mass is 10.1. The number of rotatable bonds is 6. The van der Waals surface area contributed by atoms with Gasteiger partial charge in [-0.2, -0.15) is 4.31 Å². The van der Waals surface area contributed by atoms with Crippen LogP contribution in [0.15, 0.2) is 41.3 Å². The molecule has 2 aromatic carbocycles. The van der Waals surface area contributed by atoms with Gasteiger partial charge in [0.15, 0.2) is 6.61 Å². The van der Waals surface area contributed by atoms with Crippen LogP contribution in [-0.4, -0.2) is 51.5 Å². The summed E-state index contributed by atoms with van der Waals surface area (Å²) in [5, 5.41) is 2.71. The quantitative estimate of drug-likeness (QED) is 0.780. The predicted molar refractivity (Wildman–Crippen MR) is 111 cm³/mol. The zero-order valence-electron chi connectivity index (χ0n) is 16.9. The highest BCUT2D eigenvalue weighted by molar-refractivity contribution is 7.89. The van der Waals surface area contributed by atoms with Crippen molar-refractivity contribution in [2.75, 3.05) is 38.2 Å². The number of benzene rings is 2. The molecular formula is C21H26N2O5S. The monoisotopic (exact) mass is 418 g/mol. The zero-order valence-corrected chi connectivity index (χ0v) is 17.7. The second-order valence-electron chi connectivity index (χ2n) is 7.08. The van der Waals surface area contributed by atoms with E-state index in [9.17, 15) is 13.2 Å². The zero-order chi connectivity index (χ0) is 21.0. The number of hydrogen-bond acceptors (Lipinski definition) is 5. The molecule has 0 aliphatic carbocycles. The molecule has 8 heteroatoms. The number of morpholine rings is 1. The first-order valence-corrected chi connectivity index (χ1v) is 10.9. The van der Waals surface area contributed by atoms with E-state index < -0.39 is 10.0 Å². The molecule has 1 N–H and O–H groups in total. The number of aryl methyl sites for hydroxylation is 3. The Morgan fingerprint density at radius 2 is 1.72 bits per heavy atom. The summed E-state index contributed by atoms with van der Waals surface area (Å²) in [7, 11) is -3.64. The third-order valence-electron chi connectivity index (χ3n) is 4.91. The minimum Gasteiger partial charge on any atom is -0.484 e. The van der Waals surface area contributed by atoms with Gasteiger partial charge in [0.1, 0.15) is 5.75 Å². The van der Waals surface area contributed by atoms with E-state index in [0.29, 0.717) is 43.3 Å². The van der Waals surface area contributed by atoms with Crippen molar-refractivity contribution in [1.82, 2.24) is 4.31 Å². The lowest BCUT2D eigenvalue weighted by Crippen LogP contribution is -2.40. The van der Waals surface area contributed by atoms with Crippen LogP contribution in [0.25, 0.3) is 0 Å². The third-order valence-corrected chi connectivity index (χ3v) is 6.95. The van der Waals surface area contributed by atoms with Crippen molar-refractivity contribution in [3.63, 3.8) is 0 Å². The number of carbonyl (C=O) groups excluding carboxylic acids is 1. The molecule has 1 aliphatic rings. The van der Waals surface area contributed by atoms with Crippen molar-refractivity contribution in [1.29, 1.82) is 0 Å². The number of nitrogens with one attached hydrogen (secondary N) is 1. The summed E-state index contributed by atoms with van der Waals surface area (Å²) < 4.78 is 38.1. The summed E-state index contributed by atoms with van der Waals surface area (Å²) in [6, 6.07) is 10.5. The van der Waals surface area contributed by atoms with Crippen molar-refractivity contribution < 1.29 is 22.7 Å². The van der Waals surface area contributed by atoms with Gasteiger partial charge in [0, 0.05) is 18.8 Å². The first kappa shape index (κ1) is 21.3. The van der Waals surface area contributed by atoms with Gasteiger partial charge in [-0.05, 0) is 61.7 Å². The molecule has 3 rings (SSSR count). The maximum atomic E-state index is 12.9. The fourth-order valence-corrected chi connectivity index (χ4v) is 4.69. The van der Waals surface area contributed by atoms with E-state index >= 15 is 0 Å². The van der Waals surface area contributed by atoms with Gasteiger partial charge >= 0.3 is 0 Å². The van der Waals surface area contributed by atoms with Crippen LogP contribution < -0.4 is 10.1 Å². The molecule has 0 unspecified atom stereocenters. The van der Waals surface area contributed by atoms with Crippen LogP contribution in [0.5, 0.6) is 5.75 Å². The minimum atomic E-state index is -3.64. The molecule has 0 spiro atoms. The maximum Gasteiger partial charge on any atom is 0.262 e. The van der Waals surface area contributed by atoms with Crippen molar-refractivity contribution >= 4 is 21.6 Å². The Labute approximate surface area is 171 Å². The van der Waals surface area contributed by atoms with Gasteiger partial charge in [0.25, 0.3) is 5.91 Å². The van der Waals surface area contributed by atoms with E-state index in [2.05, 4.69) is 5.32 Å². The van der Waals surface area contributed by atoms with E-state index in [1.165, 1.54) is 10.4 Å². The number of nitrogens with zero attached hydrogens (tertiary/aromatic N) is 1. The Morgan fingerprint density at radius 3 is 2.41 bits per heavy atom. The van der Waals surface area contributed by atoms with Crippen LogP contribution in [-0.2, 0) is 19.6 Å². The molecule has 0 radical (unpaired) electrons. The van der Waals surface area contributed by atoms with Crippen LogP contribution >= 0.6 is 0 Å². The van der Waals surface area contributed by atoms with E-state index in [0.717, 1.165) is 11.1 Å². The third kappa shape index (κ3) is 5.14. The van der Waals surface area contributed by atoms with E-state index in [1.54, 1.807) is 19.1 Å². The highest BCUT2D eigenvalue weighted by Gasteiger charge is 2.28. The number of hydrogen-bond donors (Lipinski definition) is 1. The number of amides is 1. The molecule has 0 bridgehead atoms. The summed E-state index contributed by atoms with van der Waals surface area (Å²) >= 11 is 0. The van der Waals surface area contributed by atoms with E-state index in [-0.39, 0.29) is 17.4 Å². The lowest BCUT2D eigenvalue weighted by Gasteiger charge is -2.26. The number of anilines is 1. The molecule has 1 aliphatic heterocycles. The van der Waals surface area contributed by atoms with Gasteiger partial charge in [0.05, 0.1) is 18.1 Å². The molecule has 1 heterocycles. The highest BCUT2D eigenvalue weighted by atomic mass is 32.2. The molecule has 7 nitrogen and oxygen atoms in total. The average molecular weight is 419 g/mol. The maximum absolute atomic E-state index is 12.9. The molecule has 2 aromatic rings. The van der Waals surface area contributed by atoms with Crippen LogP contribution in [0.3, 0.4) is 0 Å². The topological polar surface area (TPSA) is 84.9 Å². The summed E-state index contributed by atoms with van der Waals surface area (Å²) in [5.41, 5.74) is 3.27. The van der Waals surface area contributed by atoms with Gasteiger partial charge in [-0.25, -0.2) is 8.42 Å². The molecular weight excluding hydrogens is 392 g/mol. The summed E-state index contributed by atoms with van der Waals surface area (Å²) in [4.78, 5) is 12.5. The van der Waals surface area contributed by atoms with Crippen LogP contribution in [0.1, 0.15) is 16.7 Å². The standard InChI is InChI=1S/C21H26N2O5S/c1-15-5-7-19(12-17(15)3)28-14-21(24)22-18-6-4-16(2)20(13-18)29(25,26)23-8-10-27-11-9-23/h4-7,12-13H,8-11,14H2,1-3H3,(H,22,24). The van der Waals surface area contributed by atoms with Crippen molar-refractivity contribution in [3.05, 3.63) is 53.1 Å². The second kappa shape index (κ2) is 8.94. The first-order chi connectivity index (χ1) is 13.8. The molecule has 1 saturated heterocycles. The number of ether oxygens (including phenoxy) is 2. The molecule has 1 amide bonds. The fourth-order valence-electron chi connectivity index (χ4n) is 3.03. The van der Waals surface area contributed by atoms with Crippen LogP contribution in [0.4, 0.5) is 5.69 Å². The molecule has 1 fully saturated rings. The number of sulfonamides is 1. The second-order valence-corrected chi connectivity index (χ2v) is 8.99. The van der Waals surface area contributed by atoms with Gasteiger partial charge in [0.2, 0.25) is 10.0 Å². The van der Waals surface area contributed by atoms with Crippen LogP contribution in [0.2, 0.25) is 0 Å². The summed E-state index contributed by atoms with van der Waals surface area (Å²) in [6.45, 7) is 6.96. The largest absolute Gasteiger partial charge is 0.484 e. The van der Waals surface area contributed by atoms with Gasteiger partial charge < -0.3 is 14.8 Å². The number of carbonyl (C=O) groups is 1. The Bertz CT molecular complexity index is 998. The predicted octanol–water partition coefficient (Wildman–Crippen LogP) is 2.65. The summed E-state index contributed by atoms with van der Waals surface area (Å²) in [6.07, 6.45) is 0. The Kier molecular flexibility index (Phi) is 6.56. The summed E-state index contributed by atoms with van der Waals surface area (Å²) in [5.74, 6) is 0.254.